The summed E-state index contributed by atoms with van der Waals surface area (Å²) in [5, 5.41) is 33.9. The standard InChI is InChI=1S/2C19H28F3N3O3/c2*1-13-10-14(19(20,21)22)12-17(11-13)27-15-6-8-16(9-7-15)28-23-25(26)24(5)18(2,3)4/h2*10-12,15-16H,6-9H2,1-5H3/b2*25-23-. The van der Waals surface area contributed by atoms with Gasteiger partial charge in [-0.2, -0.15) is 26.3 Å². The van der Waals surface area contributed by atoms with Gasteiger partial charge in [-0.25, -0.2) is 0 Å². The number of nitrogens with zero attached hydrogens (tertiary/aromatic N) is 6. The molecular weight excluding hydrogens is 750 g/mol. The molecule has 2 aliphatic rings. The average Bonchev–Trinajstić information content (AvgIpc) is 3.08. The Labute approximate surface area is 325 Å². The summed E-state index contributed by atoms with van der Waals surface area (Å²) in [5.41, 5.74) is -1.20. The lowest BCUT2D eigenvalue weighted by Gasteiger charge is -2.28. The molecule has 0 amide bonds. The van der Waals surface area contributed by atoms with Crippen molar-refractivity contribution >= 4 is 0 Å². The van der Waals surface area contributed by atoms with Crippen LogP contribution in [0.1, 0.15) is 115 Å². The smallest absolute Gasteiger partial charge is 0.416 e. The fourth-order valence-corrected chi connectivity index (χ4v) is 5.69. The maximum absolute atomic E-state index is 12.9. The second-order valence-corrected chi connectivity index (χ2v) is 16.4. The van der Waals surface area contributed by atoms with E-state index >= 15 is 0 Å². The molecule has 56 heavy (non-hydrogen) atoms. The molecule has 2 aromatic rings. The molecule has 0 heterocycles. The Bertz CT molecular complexity index is 1510. The molecule has 12 nitrogen and oxygen atoms in total. The predicted molar refractivity (Wildman–Crippen MR) is 195 cm³/mol. The molecule has 316 valence electrons. The topological polar surface area (TPSA) is 120 Å². The summed E-state index contributed by atoms with van der Waals surface area (Å²) in [6.07, 6.45) is -4.72. The molecule has 0 N–H and O–H groups in total. The van der Waals surface area contributed by atoms with E-state index < -0.39 is 23.5 Å². The highest BCUT2D eigenvalue weighted by atomic mass is 19.4. The number of benzene rings is 2. The van der Waals surface area contributed by atoms with Crippen molar-refractivity contribution in [2.75, 3.05) is 14.1 Å². The molecule has 4 rings (SSSR count). The van der Waals surface area contributed by atoms with Crippen LogP contribution in [-0.4, -0.2) is 69.5 Å². The van der Waals surface area contributed by atoms with Gasteiger partial charge in [0.25, 0.3) is 0 Å². The van der Waals surface area contributed by atoms with Gasteiger partial charge in [0, 0.05) is 0 Å². The maximum Gasteiger partial charge on any atom is 0.416 e. The van der Waals surface area contributed by atoms with Crippen LogP contribution in [0.15, 0.2) is 47.0 Å². The van der Waals surface area contributed by atoms with Crippen LogP contribution >= 0.6 is 0 Å². The highest BCUT2D eigenvalue weighted by molar-refractivity contribution is 5.36. The van der Waals surface area contributed by atoms with E-state index in [0.717, 1.165) is 24.3 Å². The van der Waals surface area contributed by atoms with E-state index in [-0.39, 0.29) is 47.0 Å². The van der Waals surface area contributed by atoms with Gasteiger partial charge in [0.05, 0.1) is 58.4 Å². The summed E-state index contributed by atoms with van der Waals surface area (Å²) in [6.45, 7) is 14.5. The Kier molecular flexibility index (Phi) is 15.4. The van der Waals surface area contributed by atoms with Crippen LogP contribution < -0.4 is 9.47 Å². The lowest BCUT2D eigenvalue weighted by Crippen LogP contribution is -2.42. The summed E-state index contributed by atoms with van der Waals surface area (Å²) in [4.78, 5) is 11.5. The minimum atomic E-state index is -4.40. The van der Waals surface area contributed by atoms with Gasteiger partial charge < -0.3 is 29.6 Å². The molecule has 0 aromatic heterocycles. The largest absolute Gasteiger partial charge is 0.569 e. The number of hydrogen-bond donors (Lipinski definition) is 0. The number of ether oxygens (including phenoxy) is 2. The molecule has 2 aromatic carbocycles. The van der Waals surface area contributed by atoms with Crippen LogP contribution in [0.2, 0.25) is 0 Å². The second-order valence-electron chi connectivity index (χ2n) is 16.4. The minimum absolute atomic E-state index is 0.191. The van der Waals surface area contributed by atoms with Gasteiger partial charge in [-0.1, -0.05) is 0 Å². The lowest BCUT2D eigenvalue weighted by molar-refractivity contribution is -0.720. The van der Waals surface area contributed by atoms with Crippen LogP contribution in [0, 0.1) is 24.3 Å². The van der Waals surface area contributed by atoms with Gasteiger partial charge in [-0.05, 0) is 154 Å². The first kappa shape index (κ1) is 46.0. The summed E-state index contributed by atoms with van der Waals surface area (Å²) >= 11 is 0. The molecule has 2 aliphatic carbocycles. The summed E-state index contributed by atoms with van der Waals surface area (Å²) in [7, 11) is 3.25. The molecular formula is C38H56F6N6O6. The normalized spacial score (nSPS) is 21.4. The van der Waals surface area contributed by atoms with Gasteiger partial charge in [-0.15, -0.1) is 10.0 Å². The second kappa shape index (κ2) is 18.7. The molecule has 0 saturated heterocycles. The number of aryl methyl sites for hydroxylation is 2. The number of hydrogen-bond acceptors (Lipinski definition) is 8. The zero-order valence-electron chi connectivity index (χ0n) is 33.8. The fourth-order valence-electron chi connectivity index (χ4n) is 5.69. The van der Waals surface area contributed by atoms with Crippen molar-refractivity contribution in [1.29, 1.82) is 0 Å². The molecule has 2 saturated carbocycles. The Morgan fingerprint density at radius 3 is 1.09 bits per heavy atom. The number of hydrazine groups is 2. The lowest BCUT2D eigenvalue weighted by atomic mass is 9.95. The predicted octanol–water partition coefficient (Wildman–Crippen LogP) is 10.5. The van der Waals surface area contributed by atoms with E-state index in [4.69, 9.17) is 19.1 Å². The van der Waals surface area contributed by atoms with Crippen molar-refractivity contribution in [3.05, 3.63) is 69.1 Å². The SMILES string of the molecule is Cc1cc(OC2CCC(O/N=[N+](\[O-])N(C)C(C)(C)C)CC2)cc(C(F)(F)F)c1.Cc1cc(OC2CCC(O/N=[N+](\[O-])N(C)C(C)(C)C)CC2)cc(C(F)(F)F)c1. The van der Waals surface area contributed by atoms with E-state index in [9.17, 15) is 36.8 Å². The highest BCUT2D eigenvalue weighted by Crippen LogP contribution is 2.35. The average molecular weight is 807 g/mol. The molecule has 0 radical (unpaired) electrons. The van der Waals surface area contributed by atoms with Gasteiger partial charge in [0.15, 0.2) is 0 Å². The van der Waals surface area contributed by atoms with Crippen LogP contribution in [0.25, 0.3) is 0 Å². The molecule has 0 bridgehead atoms. The van der Waals surface area contributed by atoms with E-state index in [1.54, 1.807) is 40.1 Å². The van der Waals surface area contributed by atoms with Gasteiger partial charge in [0.2, 0.25) is 10.6 Å². The first-order chi connectivity index (χ1) is 25.7. The molecule has 0 unspecified atom stereocenters. The van der Waals surface area contributed by atoms with E-state index in [1.165, 1.54) is 10.0 Å². The zero-order valence-corrected chi connectivity index (χ0v) is 33.8. The van der Waals surface area contributed by atoms with Crippen molar-refractivity contribution in [3.8, 4) is 11.5 Å². The van der Waals surface area contributed by atoms with Gasteiger partial charge >= 0.3 is 12.4 Å². The molecule has 18 heteroatoms. The summed E-state index contributed by atoms with van der Waals surface area (Å²) < 4.78 is 89.2. The molecule has 2 fully saturated rings. The van der Waals surface area contributed by atoms with Crippen molar-refractivity contribution < 1.29 is 55.4 Å². The molecule has 0 aliphatic heterocycles. The minimum Gasteiger partial charge on any atom is -0.569 e. The van der Waals surface area contributed by atoms with E-state index in [2.05, 4.69) is 10.6 Å². The third kappa shape index (κ3) is 14.6. The Hall–Kier alpha value is -4.38. The Morgan fingerprint density at radius 1 is 0.536 bits per heavy atom. The van der Waals surface area contributed by atoms with Crippen molar-refractivity contribution in [2.45, 2.75) is 155 Å². The van der Waals surface area contributed by atoms with Crippen LogP contribution in [0.3, 0.4) is 0 Å². The van der Waals surface area contributed by atoms with Crippen LogP contribution in [0.4, 0.5) is 26.3 Å². The number of halogens is 6. The zero-order chi connectivity index (χ0) is 42.2. The van der Waals surface area contributed by atoms with Crippen LogP contribution in [0.5, 0.6) is 11.5 Å². The summed E-state index contributed by atoms with van der Waals surface area (Å²) in [6, 6.07) is 7.46. The third-order valence-corrected chi connectivity index (χ3v) is 9.59. The quantitative estimate of drug-likeness (QED) is 0.101. The van der Waals surface area contributed by atoms with Gasteiger partial charge in [0.1, 0.15) is 23.7 Å². The van der Waals surface area contributed by atoms with Crippen molar-refractivity contribution in [2.24, 2.45) is 10.6 Å². The first-order valence-corrected chi connectivity index (χ1v) is 18.6. The Balaban J connectivity index is 0.000000300. The van der Waals surface area contributed by atoms with E-state index in [1.807, 2.05) is 41.5 Å². The number of rotatable bonds is 10. The third-order valence-electron chi connectivity index (χ3n) is 9.59. The fraction of sp³-hybridized carbons (Fsp3) is 0.684. The molecule has 0 atom stereocenters. The summed E-state index contributed by atoms with van der Waals surface area (Å²) in [5.74, 6) is 0.442. The van der Waals surface area contributed by atoms with Crippen molar-refractivity contribution in [1.82, 2.24) is 10.0 Å². The monoisotopic (exact) mass is 806 g/mol. The highest BCUT2D eigenvalue weighted by Gasteiger charge is 2.34. The maximum atomic E-state index is 12.9. The van der Waals surface area contributed by atoms with Gasteiger partial charge in [-0.3, -0.25) is 0 Å². The Morgan fingerprint density at radius 2 is 0.821 bits per heavy atom. The molecule has 0 spiro atoms. The first-order valence-electron chi connectivity index (χ1n) is 18.6. The number of alkyl halides is 6. The van der Waals surface area contributed by atoms with Crippen LogP contribution in [-0.2, 0) is 22.0 Å². The van der Waals surface area contributed by atoms with Crippen molar-refractivity contribution in [3.63, 3.8) is 0 Å². The van der Waals surface area contributed by atoms with E-state index in [0.29, 0.717) is 72.4 Å².